The smallest absolute Gasteiger partial charge is 0.222 e. The lowest BCUT2D eigenvalue weighted by molar-refractivity contribution is 0.479. The van der Waals surface area contributed by atoms with Gasteiger partial charge >= 0.3 is 0 Å². The number of aliphatic imine (C=N–C) groups is 1. The quantitative estimate of drug-likeness (QED) is 0.771. The molecule has 0 spiro atoms. The lowest BCUT2D eigenvalue weighted by Gasteiger charge is -2.17. The molecule has 2 heteroatoms. The number of aryl methyl sites for hydroxylation is 2. The molecule has 0 saturated heterocycles. The summed E-state index contributed by atoms with van der Waals surface area (Å²) in [7, 11) is 0. The first-order valence-electron chi connectivity index (χ1n) is 7.63. The monoisotopic (exact) mass is 269 g/mol. The van der Waals surface area contributed by atoms with Crippen LogP contribution in [0.5, 0.6) is 5.75 Å². The van der Waals surface area contributed by atoms with E-state index >= 15 is 0 Å². The second kappa shape index (κ2) is 4.76. The van der Waals surface area contributed by atoms with Crippen molar-refractivity contribution in [1.29, 1.82) is 0 Å². The van der Waals surface area contributed by atoms with Gasteiger partial charge in [-0.25, -0.2) is 4.99 Å². The van der Waals surface area contributed by atoms with E-state index in [-0.39, 0.29) is 5.54 Å². The van der Waals surface area contributed by atoms with Crippen molar-refractivity contribution in [2.45, 2.75) is 58.4 Å². The molecule has 20 heavy (non-hydrogen) atoms. The summed E-state index contributed by atoms with van der Waals surface area (Å²) in [6, 6.07) is 4.48. The van der Waals surface area contributed by atoms with Crippen LogP contribution in [0.4, 0.5) is 0 Å². The van der Waals surface area contributed by atoms with Crippen LogP contribution in [-0.2, 0) is 12.8 Å². The van der Waals surface area contributed by atoms with Crippen LogP contribution >= 0.6 is 0 Å². The third-order valence-corrected chi connectivity index (χ3v) is 4.50. The molecule has 1 aromatic carbocycles. The Morgan fingerprint density at radius 1 is 1.20 bits per heavy atom. The van der Waals surface area contributed by atoms with Crippen molar-refractivity contribution >= 4 is 11.5 Å². The summed E-state index contributed by atoms with van der Waals surface area (Å²) < 4.78 is 5.97. The van der Waals surface area contributed by atoms with Crippen molar-refractivity contribution < 1.29 is 4.74 Å². The molecule has 0 amide bonds. The predicted octanol–water partition coefficient (Wildman–Crippen LogP) is 4.56. The second-order valence-electron chi connectivity index (χ2n) is 6.49. The second-order valence-corrected chi connectivity index (χ2v) is 6.49. The van der Waals surface area contributed by atoms with Gasteiger partial charge < -0.3 is 4.74 Å². The van der Waals surface area contributed by atoms with Crippen molar-refractivity contribution in [2.24, 2.45) is 4.99 Å². The molecule has 0 bridgehead atoms. The molecule has 106 valence electrons. The normalized spacial score (nSPS) is 19.8. The Bertz CT molecular complexity index is 596. The summed E-state index contributed by atoms with van der Waals surface area (Å²) in [6.07, 6.45) is 5.92. The van der Waals surface area contributed by atoms with E-state index in [1.807, 2.05) is 0 Å². The topological polar surface area (TPSA) is 21.6 Å². The van der Waals surface area contributed by atoms with Gasteiger partial charge in [0.1, 0.15) is 5.75 Å². The Kier molecular flexibility index (Phi) is 3.19. The standard InChI is InChI=1S/C18H23NO/c1-5-18(3,4)19-17-12(2)15-10-13-8-6-7-9-14(13)11-16(15)20-17/h10-11H,2,5-9H2,1,3-4H3/b19-17+. The predicted molar refractivity (Wildman–Crippen MR) is 84.6 cm³/mol. The molecule has 0 N–H and O–H groups in total. The first-order valence-corrected chi connectivity index (χ1v) is 7.63. The van der Waals surface area contributed by atoms with Gasteiger partial charge in [-0.1, -0.05) is 13.5 Å². The minimum absolute atomic E-state index is 0.0973. The maximum atomic E-state index is 5.97. The maximum absolute atomic E-state index is 5.97. The van der Waals surface area contributed by atoms with E-state index in [4.69, 9.17) is 9.73 Å². The molecule has 1 aliphatic heterocycles. The molecule has 0 fully saturated rings. The lowest BCUT2D eigenvalue weighted by atomic mass is 9.89. The van der Waals surface area contributed by atoms with E-state index < -0.39 is 0 Å². The molecule has 2 aliphatic rings. The molecule has 3 rings (SSSR count). The van der Waals surface area contributed by atoms with Crippen LogP contribution < -0.4 is 4.74 Å². The van der Waals surface area contributed by atoms with Crippen LogP contribution in [0.2, 0.25) is 0 Å². The Balaban J connectivity index is 1.99. The van der Waals surface area contributed by atoms with Crippen molar-refractivity contribution in [3.63, 3.8) is 0 Å². The number of hydrogen-bond donors (Lipinski definition) is 0. The zero-order valence-corrected chi connectivity index (χ0v) is 12.8. The molecule has 0 atom stereocenters. The number of benzene rings is 1. The Labute approximate surface area is 121 Å². The van der Waals surface area contributed by atoms with Gasteiger partial charge in [0.25, 0.3) is 0 Å². The van der Waals surface area contributed by atoms with Crippen molar-refractivity contribution in [1.82, 2.24) is 0 Å². The van der Waals surface area contributed by atoms with Gasteiger partial charge in [0.15, 0.2) is 0 Å². The zero-order valence-electron chi connectivity index (χ0n) is 12.8. The van der Waals surface area contributed by atoms with E-state index in [2.05, 4.69) is 39.5 Å². The molecule has 0 saturated carbocycles. The van der Waals surface area contributed by atoms with Gasteiger partial charge in [0.05, 0.1) is 5.54 Å². The van der Waals surface area contributed by atoms with E-state index in [1.54, 1.807) is 0 Å². The van der Waals surface area contributed by atoms with E-state index in [0.29, 0.717) is 5.90 Å². The highest BCUT2D eigenvalue weighted by atomic mass is 16.5. The maximum Gasteiger partial charge on any atom is 0.222 e. The summed E-state index contributed by atoms with van der Waals surface area (Å²) in [5.41, 5.74) is 4.89. The van der Waals surface area contributed by atoms with Crippen molar-refractivity contribution in [3.05, 3.63) is 35.4 Å². The SMILES string of the molecule is C=C1/C(=N\C(C)(C)CC)Oc2cc3c(cc21)CCCC3. The number of fused-ring (bicyclic) bond motifs is 2. The fourth-order valence-corrected chi connectivity index (χ4v) is 2.81. The van der Waals surface area contributed by atoms with Gasteiger partial charge in [-0.3, -0.25) is 0 Å². The summed E-state index contributed by atoms with van der Waals surface area (Å²) in [5.74, 6) is 1.65. The Morgan fingerprint density at radius 3 is 2.50 bits per heavy atom. The largest absolute Gasteiger partial charge is 0.438 e. The fourth-order valence-electron chi connectivity index (χ4n) is 2.81. The summed E-state index contributed by atoms with van der Waals surface area (Å²) in [4.78, 5) is 4.74. The minimum Gasteiger partial charge on any atom is -0.438 e. The van der Waals surface area contributed by atoms with E-state index in [0.717, 1.165) is 23.3 Å². The highest BCUT2D eigenvalue weighted by molar-refractivity contribution is 6.23. The zero-order chi connectivity index (χ0) is 14.3. The summed E-state index contributed by atoms with van der Waals surface area (Å²) in [6.45, 7) is 10.6. The highest BCUT2D eigenvalue weighted by Crippen LogP contribution is 2.38. The molecule has 1 aliphatic carbocycles. The van der Waals surface area contributed by atoms with E-state index in [1.165, 1.54) is 36.8 Å². The molecule has 1 aromatic rings. The van der Waals surface area contributed by atoms with Crippen LogP contribution in [0.15, 0.2) is 23.7 Å². The molecule has 0 radical (unpaired) electrons. The summed E-state index contributed by atoms with van der Waals surface area (Å²) >= 11 is 0. The van der Waals surface area contributed by atoms with Crippen LogP contribution in [0.25, 0.3) is 5.57 Å². The van der Waals surface area contributed by atoms with Crippen molar-refractivity contribution in [3.8, 4) is 5.75 Å². The Morgan fingerprint density at radius 2 is 1.85 bits per heavy atom. The van der Waals surface area contributed by atoms with Gasteiger partial charge in [-0.15, -0.1) is 0 Å². The van der Waals surface area contributed by atoms with Gasteiger partial charge in [-0.2, -0.15) is 0 Å². The van der Waals surface area contributed by atoms with Gasteiger partial charge in [-0.05, 0) is 69.2 Å². The molecule has 0 aromatic heterocycles. The van der Waals surface area contributed by atoms with Crippen molar-refractivity contribution in [2.75, 3.05) is 0 Å². The van der Waals surface area contributed by atoms with Crippen LogP contribution in [0.1, 0.15) is 56.7 Å². The third-order valence-electron chi connectivity index (χ3n) is 4.50. The van der Waals surface area contributed by atoms with Gasteiger partial charge in [0, 0.05) is 11.1 Å². The molecular formula is C18H23NO. The molecule has 2 nitrogen and oxygen atoms in total. The first-order chi connectivity index (χ1) is 9.50. The number of hydrogen-bond acceptors (Lipinski definition) is 2. The molecule has 1 heterocycles. The minimum atomic E-state index is -0.0973. The molecule has 0 unspecified atom stereocenters. The third kappa shape index (κ3) is 2.28. The number of ether oxygens (including phenoxy) is 1. The first kappa shape index (κ1) is 13.4. The highest BCUT2D eigenvalue weighted by Gasteiger charge is 2.28. The number of rotatable bonds is 2. The van der Waals surface area contributed by atoms with E-state index in [9.17, 15) is 0 Å². The number of nitrogens with zero attached hydrogens (tertiary/aromatic N) is 1. The van der Waals surface area contributed by atoms with Crippen LogP contribution in [0, 0.1) is 0 Å². The van der Waals surface area contributed by atoms with Gasteiger partial charge in [0.2, 0.25) is 5.90 Å². The Hall–Kier alpha value is -1.57. The van der Waals surface area contributed by atoms with Crippen LogP contribution in [-0.4, -0.2) is 11.4 Å². The fraction of sp³-hybridized carbons (Fsp3) is 0.500. The molecular weight excluding hydrogens is 246 g/mol. The average molecular weight is 269 g/mol. The lowest BCUT2D eigenvalue weighted by Crippen LogP contribution is -2.19. The average Bonchev–Trinajstić information content (AvgIpc) is 2.72. The summed E-state index contributed by atoms with van der Waals surface area (Å²) in [5, 5.41) is 0. The van der Waals surface area contributed by atoms with Crippen LogP contribution in [0.3, 0.4) is 0 Å².